The van der Waals surface area contributed by atoms with Crippen molar-refractivity contribution in [2.75, 3.05) is 0 Å². The molecule has 3 N–H and O–H groups in total. The normalized spacial score (nSPS) is 13.7. The van der Waals surface area contributed by atoms with Crippen LogP contribution in [0.15, 0.2) is 94.7 Å². The van der Waals surface area contributed by atoms with Gasteiger partial charge < -0.3 is 10.8 Å². The first-order chi connectivity index (χ1) is 12.4. The molecule has 3 rings (SSSR count). The molecule has 0 radical (unpaired) electrons. The van der Waals surface area contributed by atoms with Crippen molar-refractivity contribution in [1.29, 1.82) is 0 Å². The summed E-state index contributed by atoms with van der Waals surface area (Å²) in [6, 6.07) is 21.8. The van der Waals surface area contributed by atoms with E-state index in [9.17, 15) is 18.3 Å². The molecule has 0 saturated heterocycles. The molecule has 1 amide bonds. The first-order valence-electron chi connectivity index (χ1n) is 7.85. The fourth-order valence-corrected chi connectivity index (χ4v) is 4.02. The Morgan fingerprint density at radius 3 is 1.65 bits per heavy atom. The van der Waals surface area contributed by atoms with E-state index in [2.05, 4.69) is 0 Å². The van der Waals surface area contributed by atoms with Crippen molar-refractivity contribution >= 4 is 15.7 Å². The molecule has 3 aromatic rings. The van der Waals surface area contributed by atoms with E-state index in [1.54, 1.807) is 48.5 Å². The van der Waals surface area contributed by atoms with Gasteiger partial charge in [0.25, 0.3) is 5.91 Å². The number of hydrogen-bond donors (Lipinski definition) is 2. The van der Waals surface area contributed by atoms with Gasteiger partial charge in [-0.3, -0.25) is 4.79 Å². The number of rotatable bonds is 5. The lowest BCUT2D eigenvalue weighted by atomic mass is 9.86. The summed E-state index contributed by atoms with van der Waals surface area (Å²) in [6.45, 7) is 0. The highest BCUT2D eigenvalue weighted by Gasteiger charge is 2.38. The van der Waals surface area contributed by atoms with Crippen molar-refractivity contribution in [3.63, 3.8) is 0 Å². The first kappa shape index (κ1) is 17.8. The summed E-state index contributed by atoms with van der Waals surface area (Å²) in [6.07, 6.45) is 0. The molecular formula is C20H17NO4S. The van der Waals surface area contributed by atoms with Crippen LogP contribution in [0.1, 0.15) is 11.1 Å². The molecule has 132 valence electrons. The van der Waals surface area contributed by atoms with Crippen LogP contribution in [-0.2, 0) is 20.2 Å². The van der Waals surface area contributed by atoms with Gasteiger partial charge in [0.05, 0.1) is 9.79 Å². The predicted octanol–water partition coefficient (Wildman–Crippen LogP) is 2.24. The van der Waals surface area contributed by atoms with Gasteiger partial charge in [-0.2, -0.15) is 0 Å². The van der Waals surface area contributed by atoms with Gasteiger partial charge in [0.2, 0.25) is 9.84 Å². The van der Waals surface area contributed by atoms with Crippen molar-refractivity contribution in [3.05, 3.63) is 96.1 Å². The number of carbonyl (C=O) groups excluding carboxylic acids is 1. The maximum absolute atomic E-state index is 12.6. The highest BCUT2D eigenvalue weighted by molar-refractivity contribution is 7.91. The van der Waals surface area contributed by atoms with Crippen molar-refractivity contribution in [2.24, 2.45) is 5.73 Å². The molecule has 0 aliphatic carbocycles. The summed E-state index contributed by atoms with van der Waals surface area (Å²) in [5.41, 5.74) is 3.91. The number of nitrogens with two attached hydrogens (primary N) is 1. The molecule has 1 atom stereocenters. The maximum atomic E-state index is 12.6. The third kappa shape index (κ3) is 3.00. The lowest BCUT2D eigenvalue weighted by Gasteiger charge is -2.25. The Balaban J connectivity index is 2.05. The van der Waals surface area contributed by atoms with Crippen LogP contribution in [0.3, 0.4) is 0 Å². The van der Waals surface area contributed by atoms with E-state index in [1.807, 2.05) is 0 Å². The standard InChI is InChI=1S/C20H17NO4S/c21-19(22)20(23,15-7-3-1-4-8-15)16-11-13-18(14-12-16)26(24,25)17-9-5-2-6-10-17/h1-14,23H,(H2,21,22). The van der Waals surface area contributed by atoms with Gasteiger partial charge in [0.1, 0.15) is 0 Å². The van der Waals surface area contributed by atoms with E-state index in [4.69, 9.17) is 5.73 Å². The minimum atomic E-state index is -3.68. The average Bonchev–Trinajstić information content (AvgIpc) is 2.68. The Morgan fingerprint density at radius 1 is 0.731 bits per heavy atom. The van der Waals surface area contributed by atoms with Crippen molar-refractivity contribution in [2.45, 2.75) is 15.4 Å². The number of carbonyl (C=O) groups is 1. The zero-order chi connectivity index (χ0) is 18.8. The van der Waals surface area contributed by atoms with Crippen molar-refractivity contribution < 1.29 is 18.3 Å². The highest BCUT2D eigenvalue weighted by Crippen LogP contribution is 2.31. The van der Waals surface area contributed by atoms with E-state index >= 15 is 0 Å². The number of primary amides is 1. The smallest absolute Gasteiger partial charge is 0.258 e. The zero-order valence-corrected chi connectivity index (χ0v) is 14.6. The largest absolute Gasteiger partial charge is 0.372 e. The van der Waals surface area contributed by atoms with Crippen LogP contribution in [-0.4, -0.2) is 19.4 Å². The molecule has 0 spiro atoms. The number of aliphatic hydroxyl groups is 1. The average molecular weight is 367 g/mol. The maximum Gasteiger partial charge on any atom is 0.258 e. The first-order valence-corrected chi connectivity index (χ1v) is 9.33. The third-order valence-corrected chi connectivity index (χ3v) is 5.97. The summed E-state index contributed by atoms with van der Waals surface area (Å²) in [5.74, 6) is -0.942. The van der Waals surface area contributed by atoms with E-state index in [0.29, 0.717) is 5.56 Å². The molecule has 0 bridgehead atoms. The van der Waals surface area contributed by atoms with Crippen LogP contribution in [0.2, 0.25) is 0 Å². The molecule has 26 heavy (non-hydrogen) atoms. The molecule has 3 aromatic carbocycles. The third-order valence-electron chi connectivity index (χ3n) is 4.18. The summed E-state index contributed by atoms with van der Waals surface area (Å²) >= 11 is 0. The minimum Gasteiger partial charge on any atom is -0.372 e. The highest BCUT2D eigenvalue weighted by atomic mass is 32.2. The van der Waals surface area contributed by atoms with Crippen molar-refractivity contribution in [1.82, 2.24) is 0 Å². The van der Waals surface area contributed by atoms with Crippen LogP contribution in [0.4, 0.5) is 0 Å². The summed E-state index contributed by atoms with van der Waals surface area (Å²) < 4.78 is 25.3. The molecule has 0 aliphatic rings. The van der Waals surface area contributed by atoms with Gasteiger partial charge in [-0.05, 0) is 35.4 Å². The molecular weight excluding hydrogens is 350 g/mol. The van der Waals surface area contributed by atoms with E-state index < -0.39 is 21.3 Å². The molecule has 5 nitrogen and oxygen atoms in total. The van der Waals surface area contributed by atoms with Gasteiger partial charge in [0.15, 0.2) is 5.60 Å². The molecule has 0 aliphatic heterocycles. The second-order valence-electron chi connectivity index (χ2n) is 5.78. The van der Waals surface area contributed by atoms with E-state index in [-0.39, 0.29) is 15.4 Å². The molecule has 0 heterocycles. The van der Waals surface area contributed by atoms with Gasteiger partial charge in [-0.1, -0.05) is 60.7 Å². The minimum absolute atomic E-state index is 0.0623. The second kappa shape index (κ2) is 6.74. The molecule has 0 saturated carbocycles. The van der Waals surface area contributed by atoms with Gasteiger partial charge in [-0.25, -0.2) is 8.42 Å². The van der Waals surface area contributed by atoms with E-state index in [1.165, 1.54) is 36.4 Å². The van der Waals surface area contributed by atoms with Crippen LogP contribution in [0.25, 0.3) is 0 Å². The monoisotopic (exact) mass is 367 g/mol. The fourth-order valence-electron chi connectivity index (χ4n) is 2.74. The molecule has 0 fully saturated rings. The summed E-state index contributed by atoms with van der Waals surface area (Å²) in [7, 11) is -3.68. The number of benzene rings is 3. The van der Waals surface area contributed by atoms with Gasteiger partial charge in [0, 0.05) is 0 Å². The Morgan fingerprint density at radius 2 is 1.15 bits per heavy atom. The summed E-state index contributed by atoms with van der Waals surface area (Å²) in [4.78, 5) is 12.2. The van der Waals surface area contributed by atoms with Crippen LogP contribution >= 0.6 is 0 Å². The number of hydrogen-bond acceptors (Lipinski definition) is 4. The Hall–Kier alpha value is -2.96. The lowest BCUT2D eigenvalue weighted by Crippen LogP contribution is -2.42. The molecule has 0 aromatic heterocycles. The van der Waals surface area contributed by atoms with Gasteiger partial charge in [-0.15, -0.1) is 0 Å². The zero-order valence-electron chi connectivity index (χ0n) is 13.7. The Bertz CT molecular complexity index is 1020. The quantitative estimate of drug-likeness (QED) is 0.723. The van der Waals surface area contributed by atoms with Gasteiger partial charge >= 0.3 is 0 Å². The summed E-state index contributed by atoms with van der Waals surface area (Å²) in [5, 5.41) is 10.9. The topological polar surface area (TPSA) is 97.5 Å². The lowest BCUT2D eigenvalue weighted by molar-refractivity contribution is -0.133. The SMILES string of the molecule is NC(=O)C(O)(c1ccccc1)c1ccc(S(=O)(=O)c2ccccc2)cc1. The Kier molecular flexibility index (Phi) is 4.63. The Labute approximate surface area is 151 Å². The molecule has 1 unspecified atom stereocenters. The predicted molar refractivity (Wildman–Crippen MR) is 97.0 cm³/mol. The fraction of sp³-hybridized carbons (Fsp3) is 0.0500. The van der Waals surface area contributed by atoms with Crippen LogP contribution in [0.5, 0.6) is 0 Å². The molecule has 6 heteroatoms. The second-order valence-corrected chi connectivity index (χ2v) is 7.73. The van der Waals surface area contributed by atoms with Crippen LogP contribution in [0, 0.1) is 0 Å². The number of amides is 1. The van der Waals surface area contributed by atoms with Crippen LogP contribution < -0.4 is 5.73 Å². The van der Waals surface area contributed by atoms with E-state index in [0.717, 1.165) is 0 Å². The van der Waals surface area contributed by atoms with Crippen molar-refractivity contribution in [3.8, 4) is 0 Å². The number of sulfone groups is 1.